The van der Waals surface area contributed by atoms with Crippen LogP contribution in [0.25, 0.3) is 5.65 Å². The number of fused-ring (bicyclic) bond motifs is 1. The molecule has 0 atom stereocenters. The van der Waals surface area contributed by atoms with Crippen LogP contribution in [0, 0.1) is 3.70 Å². The summed E-state index contributed by atoms with van der Waals surface area (Å²) in [6.07, 6.45) is 1.94. The lowest BCUT2D eigenvalue weighted by Gasteiger charge is -1.94. The SMILES string of the molecule is Clc1nc2ccc(Br)cn2c1I. The Balaban J connectivity index is 2.88. The maximum atomic E-state index is 5.85. The molecule has 0 aliphatic carbocycles. The van der Waals surface area contributed by atoms with Gasteiger partial charge in [-0.1, -0.05) is 11.6 Å². The van der Waals surface area contributed by atoms with E-state index in [0.717, 1.165) is 13.8 Å². The number of hydrogen-bond acceptors (Lipinski definition) is 1. The molecule has 0 saturated heterocycles. The van der Waals surface area contributed by atoms with Gasteiger partial charge in [0.05, 0.1) is 0 Å². The number of rotatable bonds is 0. The summed E-state index contributed by atoms with van der Waals surface area (Å²) in [6.45, 7) is 0. The van der Waals surface area contributed by atoms with Crippen LogP contribution >= 0.6 is 50.1 Å². The molecule has 0 aliphatic rings. The summed E-state index contributed by atoms with van der Waals surface area (Å²) >= 11 is 11.4. The van der Waals surface area contributed by atoms with Crippen LogP contribution in [-0.4, -0.2) is 9.38 Å². The van der Waals surface area contributed by atoms with Crippen LogP contribution < -0.4 is 0 Å². The van der Waals surface area contributed by atoms with Gasteiger partial charge in [0.2, 0.25) is 0 Å². The molecule has 0 fully saturated rings. The fraction of sp³-hybridized carbons (Fsp3) is 0. The Hall–Kier alpha value is 0.190. The van der Waals surface area contributed by atoms with Gasteiger partial charge in [0.15, 0.2) is 5.15 Å². The summed E-state index contributed by atoms with van der Waals surface area (Å²) < 4.78 is 3.89. The van der Waals surface area contributed by atoms with E-state index in [4.69, 9.17) is 11.6 Å². The molecule has 62 valence electrons. The van der Waals surface area contributed by atoms with Gasteiger partial charge in [-0.2, -0.15) is 0 Å². The third-order valence-corrected chi connectivity index (χ3v) is 3.57. The molecule has 2 aromatic rings. The second kappa shape index (κ2) is 3.16. The summed E-state index contributed by atoms with van der Waals surface area (Å²) in [5, 5.41) is 0.550. The molecule has 5 heteroatoms. The third-order valence-electron chi connectivity index (χ3n) is 1.49. The Kier molecular flexibility index (Phi) is 2.31. The minimum atomic E-state index is 0.550. The lowest BCUT2D eigenvalue weighted by molar-refractivity contribution is 1.14. The normalized spacial score (nSPS) is 10.9. The molecular formula is C7H3BrClIN2. The zero-order valence-electron chi connectivity index (χ0n) is 5.76. The number of hydrogen-bond donors (Lipinski definition) is 0. The summed E-state index contributed by atoms with van der Waals surface area (Å²) in [7, 11) is 0. The molecule has 2 nitrogen and oxygen atoms in total. The van der Waals surface area contributed by atoms with Gasteiger partial charge in [-0.05, 0) is 50.7 Å². The number of nitrogens with zero attached hydrogens (tertiary/aromatic N) is 2. The monoisotopic (exact) mass is 356 g/mol. The predicted octanol–water partition coefficient (Wildman–Crippen LogP) is 3.35. The van der Waals surface area contributed by atoms with E-state index in [0.29, 0.717) is 5.15 Å². The van der Waals surface area contributed by atoms with Crippen molar-refractivity contribution in [2.45, 2.75) is 0 Å². The van der Waals surface area contributed by atoms with Crippen molar-refractivity contribution >= 4 is 55.8 Å². The van der Waals surface area contributed by atoms with Gasteiger partial charge in [-0.25, -0.2) is 4.98 Å². The van der Waals surface area contributed by atoms with Crippen molar-refractivity contribution in [3.63, 3.8) is 0 Å². The van der Waals surface area contributed by atoms with Crippen LogP contribution in [0.15, 0.2) is 22.8 Å². The van der Waals surface area contributed by atoms with E-state index >= 15 is 0 Å². The van der Waals surface area contributed by atoms with E-state index in [1.807, 2.05) is 22.7 Å². The van der Waals surface area contributed by atoms with Crippen molar-refractivity contribution in [3.05, 3.63) is 31.7 Å². The standard InChI is InChI=1S/C7H3BrClIN2/c8-4-1-2-5-11-6(9)7(10)12(5)3-4/h1-3H. The van der Waals surface area contributed by atoms with Crippen molar-refractivity contribution < 1.29 is 0 Å². The van der Waals surface area contributed by atoms with Crippen LogP contribution in [0.3, 0.4) is 0 Å². The molecule has 2 rings (SSSR count). The molecule has 0 unspecified atom stereocenters. The smallest absolute Gasteiger partial charge is 0.161 e. The maximum Gasteiger partial charge on any atom is 0.161 e. The number of aromatic nitrogens is 2. The van der Waals surface area contributed by atoms with E-state index in [2.05, 4.69) is 43.5 Å². The quantitative estimate of drug-likeness (QED) is 0.661. The van der Waals surface area contributed by atoms with Crippen molar-refractivity contribution in [2.75, 3.05) is 0 Å². The van der Waals surface area contributed by atoms with Crippen LogP contribution in [0.1, 0.15) is 0 Å². The second-order valence-corrected chi connectivity index (χ2v) is 4.56. The van der Waals surface area contributed by atoms with Crippen molar-refractivity contribution in [1.82, 2.24) is 9.38 Å². The third kappa shape index (κ3) is 1.36. The Morgan fingerprint density at radius 3 is 3.00 bits per heavy atom. The van der Waals surface area contributed by atoms with E-state index in [1.165, 1.54) is 0 Å². The highest BCUT2D eigenvalue weighted by Crippen LogP contribution is 2.21. The lowest BCUT2D eigenvalue weighted by Crippen LogP contribution is -1.85. The van der Waals surface area contributed by atoms with E-state index in [1.54, 1.807) is 0 Å². The minimum Gasteiger partial charge on any atom is -0.292 e. The highest BCUT2D eigenvalue weighted by Gasteiger charge is 2.06. The molecule has 0 aliphatic heterocycles. The van der Waals surface area contributed by atoms with E-state index < -0.39 is 0 Å². The molecule has 0 spiro atoms. The average molecular weight is 357 g/mol. The van der Waals surface area contributed by atoms with Gasteiger partial charge in [0.1, 0.15) is 9.35 Å². The fourth-order valence-corrected chi connectivity index (χ4v) is 1.98. The van der Waals surface area contributed by atoms with Gasteiger partial charge >= 0.3 is 0 Å². The van der Waals surface area contributed by atoms with Gasteiger partial charge in [0, 0.05) is 10.7 Å². The van der Waals surface area contributed by atoms with Gasteiger partial charge in [-0.15, -0.1) is 0 Å². The van der Waals surface area contributed by atoms with Crippen molar-refractivity contribution in [3.8, 4) is 0 Å². The van der Waals surface area contributed by atoms with Crippen molar-refractivity contribution in [1.29, 1.82) is 0 Å². The van der Waals surface area contributed by atoms with Gasteiger partial charge in [-0.3, -0.25) is 4.40 Å². The Morgan fingerprint density at radius 2 is 2.25 bits per heavy atom. The fourth-order valence-electron chi connectivity index (χ4n) is 0.961. The van der Waals surface area contributed by atoms with Crippen molar-refractivity contribution in [2.24, 2.45) is 0 Å². The summed E-state index contributed by atoms with van der Waals surface area (Å²) in [4.78, 5) is 4.15. The first-order valence-corrected chi connectivity index (χ1v) is 5.42. The first kappa shape index (κ1) is 8.77. The van der Waals surface area contributed by atoms with Gasteiger partial charge in [0.25, 0.3) is 0 Å². The average Bonchev–Trinajstić information content (AvgIpc) is 2.31. The van der Waals surface area contributed by atoms with Crippen LogP contribution in [0.2, 0.25) is 5.15 Å². The molecule has 0 bridgehead atoms. The minimum absolute atomic E-state index is 0.550. The second-order valence-electron chi connectivity index (χ2n) is 2.27. The molecule has 0 saturated carbocycles. The van der Waals surface area contributed by atoms with Crippen LogP contribution in [0.5, 0.6) is 0 Å². The highest BCUT2D eigenvalue weighted by molar-refractivity contribution is 14.1. The summed E-state index contributed by atoms with van der Waals surface area (Å²) in [5.74, 6) is 0. The van der Waals surface area contributed by atoms with E-state index in [9.17, 15) is 0 Å². The molecule has 12 heavy (non-hydrogen) atoms. The van der Waals surface area contributed by atoms with Crippen LogP contribution in [-0.2, 0) is 0 Å². The number of imidazole rings is 1. The molecule has 2 aromatic heterocycles. The molecule has 0 N–H and O–H groups in total. The van der Waals surface area contributed by atoms with Gasteiger partial charge < -0.3 is 0 Å². The Labute approximate surface area is 96.2 Å². The number of halogens is 3. The Bertz CT molecular complexity index is 440. The number of pyridine rings is 1. The van der Waals surface area contributed by atoms with E-state index in [-0.39, 0.29) is 0 Å². The molecule has 0 radical (unpaired) electrons. The lowest BCUT2D eigenvalue weighted by atomic mass is 10.5. The predicted molar refractivity (Wildman–Crippen MR) is 60.6 cm³/mol. The van der Waals surface area contributed by atoms with Crippen LogP contribution in [0.4, 0.5) is 0 Å². The largest absolute Gasteiger partial charge is 0.292 e. The molecule has 0 aromatic carbocycles. The molecular weight excluding hydrogens is 354 g/mol. The maximum absolute atomic E-state index is 5.85. The first-order valence-electron chi connectivity index (χ1n) is 3.17. The summed E-state index contributed by atoms with van der Waals surface area (Å²) in [5.41, 5.74) is 0.868. The summed E-state index contributed by atoms with van der Waals surface area (Å²) in [6, 6.07) is 3.85. The zero-order chi connectivity index (χ0) is 8.72. The Morgan fingerprint density at radius 1 is 1.50 bits per heavy atom. The highest BCUT2D eigenvalue weighted by atomic mass is 127. The first-order chi connectivity index (χ1) is 5.68. The molecule has 2 heterocycles. The topological polar surface area (TPSA) is 17.3 Å². The zero-order valence-corrected chi connectivity index (χ0v) is 10.3. The molecule has 0 amide bonds.